The van der Waals surface area contributed by atoms with Gasteiger partial charge >= 0.3 is 5.97 Å². The van der Waals surface area contributed by atoms with Crippen molar-refractivity contribution in [2.45, 2.75) is 38.3 Å². The summed E-state index contributed by atoms with van der Waals surface area (Å²) in [6.45, 7) is 7.33. The smallest absolute Gasteiger partial charge is 0.337 e. The second-order valence-corrected chi connectivity index (χ2v) is 21.1. The minimum absolute atomic E-state index is 0.162. The molecule has 274 valence electrons. The van der Waals surface area contributed by atoms with Gasteiger partial charge in [0.1, 0.15) is 0 Å². The van der Waals surface area contributed by atoms with Gasteiger partial charge in [-0.2, -0.15) is 0 Å². The van der Waals surface area contributed by atoms with Crippen molar-refractivity contribution in [3.05, 3.63) is 199 Å². The van der Waals surface area contributed by atoms with Gasteiger partial charge in [0, 0.05) is 17.2 Å². The Morgan fingerprint density at radius 3 is 1.54 bits per heavy atom. The van der Waals surface area contributed by atoms with Crippen LogP contribution in [0.4, 0.5) is 0 Å². The Balaban J connectivity index is 1.46. The summed E-state index contributed by atoms with van der Waals surface area (Å²) in [4.78, 5) is 12.5. The zero-order valence-electron chi connectivity index (χ0n) is 31.4. The van der Waals surface area contributed by atoms with Crippen LogP contribution in [0.5, 0.6) is 0 Å². The molecule has 0 bridgehead atoms. The van der Waals surface area contributed by atoms with Gasteiger partial charge in [0.2, 0.25) is 7.29 Å². The van der Waals surface area contributed by atoms with E-state index in [1.165, 1.54) is 17.5 Å². The first-order chi connectivity index (χ1) is 26.2. The van der Waals surface area contributed by atoms with Gasteiger partial charge in [0.25, 0.3) is 8.32 Å². The average Bonchev–Trinajstić information content (AvgIpc) is 3.22. The Hall–Kier alpha value is -5.10. The Morgan fingerprint density at radius 1 is 0.648 bits per heavy atom. The number of rotatable bonds is 14. The van der Waals surface area contributed by atoms with Gasteiger partial charge in [-0.3, -0.25) is 4.57 Å². The lowest BCUT2D eigenvalue weighted by atomic mass is 9.92. The molecule has 5 nitrogen and oxygen atoms in total. The Kier molecular flexibility index (Phi) is 12.4. The van der Waals surface area contributed by atoms with Crippen LogP contribution in [0.15, 0.2) is 182 Å². The summed E-state index contributed by atoms with van der Waals surface area (Å²) < 4.78 is 27.9. The van der Waals surface area contributed by atoms with Crippen molar-refractivity contribution in [1.82, 2.24) is 5.09 Å². The van der Waals surface area contributed by atoms with E-state index in [1.807, 2.05) is 91.0 Å². The largest absolute Gasteiger partial charge is 0.465 e. The van der Waals surface area contributed by atoms with Gasteiger partial charge in [-0.1, -0.05) is 166 Å². The molecule has 1 unspecified atom stereocenters. The van der Waals surface area contributed by atoms with E-state index < -0.39 is 27.6 Å². The Labute approximate surface area is 321 Å². The maximum absolute atomic E-state index is 15.6. The van der Waals surface area contributed by atoms with Crippen LogP contribution in [0.25, 0.3) is 5.57 Å². The van der Waals surface area contributed by atoms with E-state index in [2.05, 4.69) is 105 Å². The summed E-state index contributed by atoms with van der Waals surface area (Å²) in [6, 6.07) is 57.6. The van der Waals surface area contributed by atoms with Gasteiger partial charge < -0.3 is 9.16 Å². The van der Waals surface area contributed by atoms with E-state index in [0.29, 0.717) is 29.2 Å². The lowest BCUT2D eigenvalue weighted by Gasteiger charge is -2.43. The molecule has 0 aliphatic heterocycles. The molecule has 0 aromatic heterocycles. The highest BCUT2D eigenvalue weighted by Gasteiger charge is 2.50. The van der Waals surface area contributed by atoms with Crippen molar-refractivity contribution >= 4 is 48.1 Å². The third kappa shape index (κ3) is 8.33. The van der Waals surface area contributed by atoms with Crippen LogP contribution in [0.2, 0.25) is 5.04 Å². The fraction of sp³-hybridized carbons (Fsp3) is 0.170. The van der Waals surface area contributed by atoms with Crippen molar-refractivity contribution in [3.63, 3.8) is 0 Å². The first-order valence-electron chi connectivity index (χ1n) is 18.4. The molecule has 7 heteroatoms. The molecular formula is C47H48NO4PSi. The number of hydrogen-bond donors (Lipinski definition) is 1. The highest BCUT2D eigenvalue weighted by Crippen LogP contribution is 2.45. The molecule has 54 heavy (non-hydrogen) atoms. The molecule has 1 N–H and O–H groups in total. The summed E-state index contributed by atoms with van der Waals surface area (Å²) in [5, 5.41) is 7.42. The first kappa shape index (κ1) is 38.6. The molecule has 6 rings (SSSR count). The van der Waals surface area contributed by atoms with Gasteiger partial charge in [-0.25, -0.2) is 9.88 Å². The van der Waals surface area contributed by atoms with Crippen LogP contribution in [0.3, 0.4) is 0 Å². The number of benzene rings is 6. The Bertz CT molecular complexity index is 2090. The van der Waals surface area contributed by atoms with E-state index >= 15 is 4.57 Å². The maximum Gasteiger partial charge on any atom is 0.337 e. The van der Waals surface area contributed by atoms with E-state index in [1.54, 1.807) is 12.1 Å². The number of hydrogen-bond acceptors (Lipinski definition) is 4. The van der Waals surface area contributed by atoms with E-state index in [4.69, 9.17) is 9.16 Å². The highest BCUT2D eigenvalue weighted by atomic mass is 31.2. The number of methoxy groups -OCH3 is 1. The van der Waals surface area contributed by atoms with Crippen LogP contribution in [0.1, 0.15) is 54.7 Å². The summed E-state index contributed by atoms with van der Waals surface area (Å²) in [5.41, 5.74) is 3.25. The number of ether oxygens (including phenoxy) is 1. The molecule has 0 radical (unpaired) electrons. The first-order valence-corrected chi connectivity index (χ1v) is 22.0. The molecule has 0 spiro atoms. The second kappa shape index (κ2) is 17.4. The molecule has 6 aromatic carbocycles. The van der Waals surface area contributed by atoms with E-state index in [-0.39, 0.29) is 5.04 Å². The number of esters is 1. The molecule has 0 saturated heterocycles. The van der Waals surface area contributed by atoms with Crippen LogP contribution >= 0.6 is 7.29 Å². The summed E-state index contributed by atoms with van der Waals surface area (Å²) >= 11 is 0. The molecular weight excluding hydrogens is 702 g/mol. The molecule has 0 aliphatic rings. The Morgan fingerprint density at radius 2 is 1.09 bits per heavy atom. The topological polar surface area (TPSA) is 64.6 Å². The number of nitrogens with one attached hydrogen (secondary N) is 1. The standard InChI is InChI=1S/C47H48NO4PSi/c1-47(2,3)54(42-27-16-8-17-28-42,43-29-18-9-19-30-43)52-36-20-31-44(37-21-10-5-11-22-37)45(38-32-34-39(35-33-38)46(49)51-4)48-53(50,40-23-12-6-13-24-40)41-25-14-7-15-26-41/h5-19,21-35,45H,20,36H2,1-4H3,(H,48,50)/b44-31+. The number of carbonyl (C=O) groups is 1. The molecule has 0 heterocycles. The van der Waals surface area contributed by atoms with Gasteiger partial charge in [0.05, 0.1) is 18.7 Å². The average molecular weight is 750 g/mol. The zero-order valence-corrected chi connectivity index (χ0v) is 33.3. The highest BCUT2D eigenvalue weighted by molar-refractivity contribution is 7.77. The molecule has 0 aliphatic carbocycles. The SMILES string of the molecule is COC(=O)c1ccc(C(NP(=O)(c2ccccc2)c2ccccc2)/C(=C/CCO[Si](c2ccccc2)(c2ccccc2)C(C)(C)C)c2ccccc2)cc1. The zero-order chi connectivity index (χ0) is 38.0. The summed E-state index contributed by atoms with van der Waals surface area (Å²) in [6.07, 6.45) is 2.83. The summed E-state index contributed by atoms with van der Waals surface area (Å²) in [5.74, 6) is -0.412. The molecule has 0 saturated carbocycles. The van der Waals surface area contributed by atoms with Crippen molar-refractivity contribution in [2.75, 3.05) is 13.7 Å². The van der Waals surface area contributed by atoms with Gasteiger partial charge in [-0.15, -0.1) is 0 Å². The minimum Gasteiger partial charge on any atom is -0.465 e. The van der Waals surface area contributed by atoms with Crippen LogP contribution in [-0.2, 0) is 13.7 Å². The third-order valence-electron chi connectivity index (χ3n) is 9.85. The van der Waals surface area contributed by atoms with Crippen LogP contribution < -0.4 is 26.1 Å². The molecule has 0 fully saturated rings. The minimum atomic E-state index is -3.43. The number of carbonyl (C=O) groups excluding carboxylic acids is 1. The normalized spacial score (nSPS) is 12.9. The van der Waals surface area contributed by atoms with Crippen molar-refractivity contribution in [1.29, 1.82) is 0 Å². The predicted octanol–water partition coefficient (Wildman–Crippen LogP) is 9.08. The van der Waals surface area contributed by atoms with E-state index in [0.717, 1.165) is 16.7 Å². The third-order valence-corrected chi connectivity index (χ3v) is 17.6. The fourth-order valence-corrected chi connectivity index (χ4v) is 14.2. The summed E-state index contributed by atoms with van der Waals surface area (Å²) in [7, 11) is -4.83. The van der Waals surface area contributed by atoms with Crippen LogP contribution in [0, 0.1) is 0 Å². The lowest BCUT2D eigenvalue weighted by molar-refractivity contribution is 0.0600. The van der Waals surface area contributed by atoms with Crippen LogP contribution in [-0.4, -0.2) is 28.0 Å². The lowest BCUT2D eigenvalue weighted by Crippen LogP contribution is -2.66. The quantitative estimate of drug-likeness (QED) is 0.0521. The predicted molar refractivity (Wildman–Crippen MR) is 226 cm³/mol. The fourth-order valence-electron chi connectivity index (χ4n) is 7.23. The molecule has 0 amide bonds. The second-order valence-electron chi connectivity index (χ2n) is 14.3. The van der Waals surface area contributed by atoms with Crippen molar-refractivity contribution in [2.24, 2.45) is 0 Å². The maximum atomic E-state index is 15.6. The molecule has 6 aromatic rings. The van der Waals surface area contributed by atoms with Gasteiger partial charge in [-0.05, 0) is 74.9 Å². The van der Waals surface area contributed by atoms with Crippen molar-refractivity contribution < 1.29 is 18.5 Å². The van der Waals surface area contributed by atoms with E-state index in [9.17, 15) is 4.79 Å². The monoisotopic (exact) mass is 749 g/mol. The van der Waals surface area contributed by atoms with Gasteiger partial charge in [0.15, 0.2) is 0 Å². The molecule has 1 atom stereocenters. The van der Waals surface area contributed by atoms with Crippen molar-refractivity contribution in [3.8, 4) is 0 Å².